The van der Waals surface area contributed by atoms with Crippen molar-refractivity contribution in [3.05, 3.63) is 0 Å². The first-order chi connectivity index (χ1) is 7.18. The van der Waals surface area contributed by atoms with Crippen molar-refractivity contribution in [1.82, 2.24) is 0 Å². The second kappa shape index (κ2) is 16.7. The number of hydrogen-bond donors (Lipinski definition) is 1. The molecule has 0 atom stereocenters. The maximum atomic E-state index is 10.0. The van der Waals surface area contributed by atoms with Crippen molar-refractivity contribution in [3.63, 3.8) is 0 Å². The van der Waals surface area contributed by atoms with Crippen LogP contribution in [0.25, 0.3) is 0 Å². The van der Waals surface area contributed by atoms with Crippen LogP contribution in [-0.4, -0.2) is 33.6 Å². The third-order valence-corrected chi connectivity index (χ3v) is 3.03. The van der Waals surface area contributed by atoms with Crippen molar-refractivity contribution >= 4 is 28.5 Å². The molecule has 0 aliphatic carbocycles. The average molecular weight is 320 g/mol. The molecule has 89 valence electrons. The van der Waals surface area contributed by atoms with E-state index in [-0.39, 0.29) is 0 Å². The van der Waals surface area contributed by atoms with Crippen LogP contribution in [0.3, 0.4) is 0 Å². The van der Waals surface area contributed by atoms with E-state index in [1.807, 2.05) is 0 Å². The van der Waals surface area contributed by atoms with Gasteiger partial charge in [-0.3, -0.25) is 4.79 Å². The van der Waals surface area contributed by atoms with Gasteiger partial charge >= 0.3 is 52.7 Å². The normalized spacial score (nSPS) is 9.27. The van der Waals surface area contributed by atoms with Crippen LogP contribution in [0.5, 0.6) is 0 Å². The molecule has 0 bridgehead atoms. The molecule has 15 heavy (non-hydrogen) atoms. The summed E-state index contributed by atoms with van der Waals surface area (Å²) in [6.45, 7) is 4.38. The van der Waals surface area contributed by atoms with Crippen LogP contribution in [0.2, 0.25) is 4.44 Å². The maximum absolute atomic E-state index is 10.0. The van der Waals surface area contributed by atoms with Crippen molar-refractivity contribution in [2.45, 2.75) is 69.7 Å². The zero-order chi connectivity index (χ0) is 11.9. The van der Waals surface area contributed by atoms with Crippen LogP contribution >= 0.6 is 0 Å². The van der Waals surface area contributed by atoms with Gasteiger partial charge in [0.05, 0.1) is 0 Å². The first-order valence-electron chi connectivity index (χ1n) is 6.05. The van der Waals surface area contributed by atoms with Crippen LogP contribution in [-0.2, 0) is 4.79 Å². The number of rotatable bonds is 8. The van der Waals surface area contributed by atoms with Crippen LogP contribution in [0.4, 0.5) is 0 Å². The fraction of sp³-hybridized carbons (Fsp3) is 0.917. The Kier molecular flexibility index (Phi) is 19.6. The molecule has 0 saturated carbocycles. The molecule has 2 nitrogen and oxygen atoms in total. The SMILES string of the molecule is CCCCCCCC(=O)O.CCC[CH2][Sn]. The molecular formula is C12H25O2Sn. The number of hydrogen-bond acceptors (Lipinski definition) is 1. The van der Waals surface area contributed by atoms with Crippen LogP contribution < -0.4 is 0 Å². The van der Waals surface area contributed by atoms with E-state index in [0.29, 0.717) is 6.42 Å². The predicted molar refractivity (Wildman–Crippen MR) is 66.5 cm³/mol. The molecule has 0 spiro atoms. The molecule has 0 aromatic carbocycles. The van der Waals surface area contributed by atoms with Gasteiger partial charge in [0, 0.05) is 6.42 Å². The molecule has 0 aliphatic heterocycles. The quantitative estimate of drug-likeness (QED) is 0.545. The molecule has 0 amide bonds. The predicted octanol–water partition coefficient (Wildman–Crippen LogP) is 3.80. The second-order valence-corrected chi connectivity index (χ2v) is 5.09. The third kappa shape index (κ3) is 25.0. The Labute approximate surface area is 108 Å². The van der Waals surface area contributed by atoms with Gasteiger partial charge in [0.25, 0.3) is 0 Å². The molecular weight excluding hydrogens is 295 g/mol. The summed E-state index contributed by atoms with van der Waals surface area (Å²) >= 11 is 1.68. The van der Waals surface area contributed by atoms with Crippen molar-refractivity contribution in [1.29, 1.82) is 0 Å². The Morgan fingerprint density at radius 2 is 1.53 bits per heavy atom. The van der Waals surface area contributed by atoms with E-state index in [1.54, 1.807) is 22.5 Å². The van der Waals surface area contributed by atoms with Gasteiger partial charge in [0.1, 0.15) is 0 Å². The zero-order valence-electron chi connectivity index (χ0n) is 10.2. The van der Waals surface area contributed by atoms with Gasteiger partial charge in [0.15, 0.2) is 0 Å². The Morgan fingerprint density at radius 3 is 1.87 bits per heavy atom. The summed E-state index contributed by atoms with van der Waals surface area (Å²) in [5.41, 5.74) is 0. The van der Waals surface area contributed by atoms with Gasteiger partial charge in [-0.1, -0.05) is 32.6 Å². The first kappa shape index (κ1) is 17.7. The summed E-state index contributed by atoms with van der Waals surface area (Å²) < 4.78 is 1.43. The molecule has 0 aromatic rings. The summed E-state index contributed by atoms with van der Waals surface area (Å²) in [6.07, 6.45) is 8.68. The second-order valence-electron chi connectivity index (χ2n) is 3.66. The van der Waals surface area contributed by atoms with E-state index in [1.165, 1.54) is 36.5 Å². The minimum atomic E-state index is -0.670. The number of carboxylic acid groups (broad SMARTS) is 1. The molecule has 0 unspecified atom stereocenters. The fourth-order valence-corrected chi connectivity index (χ4v) is 2.07. The van der Waals surface area contributed by atoms with E-state index in [0.717, 1.165) is 12.8 Å². The van der Waals surface area contributed by atoms with E-state index >= 15 is 0 Å². The molecule has 3 heteroatoms. The average Bonchev–Trinajstić information content (AvgIpc) is 2.19. The topological polar surface area (TPSA) is 37.3 Å². The molecule has 0 saturated heterocycles. The van der Waals surface area contributed by atoms with Gasteiger partial charge in [0.2, 0.25) is 0 Å². The number of carbonyl (C=O) groups is 1. The molecule has 0 aliphatic rings. The first-order valence-corrected chi connectivity index (χ1v) is 8.07. The molecule has 0 aromatic heterocycles. The van der Waals surface area contributed by atoms with E-state index in [2.05, 4.69) is 13.8 Å². The van der Waals surface area contributed by atoms with Gasteiger partial charge in [-0.2, -0.15) is 0 Å². The Hall–Kier alpha value is 0.269. The summed E-state index contributed by atoms with van der Waals surface area (Å²) in [5, 5.41) is 8.27. The van der Waals surface area contributed by atoms with Gasteiger partial charge in [-0.05, 0) is 6.42 Å². The number of unbranched alkanes of at least 4 members (excludes halogenated alkanes) is 5. The van der Waals surface area contributed by atoms with Crippen molar-refractivity contribution in [3.8, 4) is 0 Å². The van der Waals surface area contributed by atoms with Gasteiger partial charge in [-0.15, -0.1) is 0 Å². The van der Waals surface area contributed by atoms with Crippen LogP contribution in [0, 0.1) is 0 Å². The summed E-state index contributed by atoms with van der Waals surface area (Å²) in [6, 6.07) is 0. The summed E-state index contributed by atoms with van der Waals surface area (Å²) in [5.74, 6) is -0.670. The van der Waals surface area contributed by atoms with Crippen LogP contribution in [0.1, 0.15) is 65.2 Å². The molecule has 0 rings (SSSR count). The van der Waals surface area contributed by atoms with Crippen molar-refractivity contribution < 1.29 is 9.90 Å². The Bertz CT molecular complexity index is 125. The summed E-state index contributed by atoms with van der Waals surface area (Å²) in [4.78, 5) is 10.0. The summed E-state index contributed by atoms with van der Waals surface area (Å²) in [7, 11) is 0. The van der Waals surface area contributed by atoms with E-state index in [4.69, 9.17) is 5.11 Å². The van der Waals surface area contributed by atoms with Crippen molar-refractivity contribution in [2.75, 3.05) is 0 Å². The third-order valence-electron chi connectivity index (χ3n) is 2.02. The van der Waals surface area contributed by atoms with Gasteiger partial charge in [-0.25, -0.2) is 0 Å². The molecule has 1 N–H and O–H groups in total. The molecule has 0 heterocycles. The number of aliphatic carboxylic acids is 1. The molecule has 3 radical (unpaired) electrons. The van der Waals surface area contributed by atoms with Crippen molar-refractivity contribution in [2.24, 2.45) is 0 Å². The van der Waals surface area contributed by atoms with E-state index in [9.17, 15) is 4.79 Å². The van der Waals surface area contributed by atoms with E-state index < -0.39 is 5.97 Å². The van der Waals surface area contributed by atoms with Gasteiger partial charge < -0.3 is 5.11 Å². The van der Waals surface area contributed by atoms with Crippen LogP contribution in [0.15, 0.2) is 0 Å². The zero-order valence-corrected chi connectivity index (χ0v) is 13.1. The number of carboxylic acids is 1. The fourth-order valence-electron chi connectivity index (χ4n) is 1.06. The monoisotopic (exact) mass is 321 g/mol. The Balaban J connectivity index is 0. The minimum absolute atomic E-state index is 0.337. The standard InChI is InChI=1S/C8H16O2.C4H9.Sn/c1-2-3-4-5-6-7-8(9)10;1-3-4-2;/h2-7H2,1H3,(H,9,10);1,3-4H2,2H3;. The molecule has 0 fully saturated rings. The Morgan fingerprint density at radius 1 is 1.00 bits per heavy atom.